The van der Waals surface area contributed by atoms with Crippen LogP contribution in [0.15, 0.2) is 37.0 Å². The van der Waals surface area contributed by atoms with E-state index in [0.717, 1.165) is 29.6 Å². The van der Waals surface area contributed by atoms with E-state index in [2.05, 4.69) is 85.2 Å². The molecule has 0 spiro atoms. The zero-order valence-corrected chi connectivity index (χ0v) is 23.5. The zero-order chi connectivity index (χ0) is 24.8. The highest BCUT2D eigenvalue weighted by atomic mass is 14.8. The maximum Gasteiger partial charge on any atom is -0.00261 e. The SMILES string of the molecule is C/C=C(\CCCC)C(C(C)C)C1C=CCCC1.C=C.CCCC(CCC)CC(C)CNC. The average Bonchev–Trinajstić information content (AvgIpc) is 2.79. The number of hydrogen-bond donors (Lipinski definition) is 1. The van der Waals surface area contributed by atoms with E-state index in [9.17, 15) is 0 Å². The number of rotatable bonds is 14. The molecule has 0 saturated heterocycles. The molecule has 1 heteroatoms. The largest absolute Gasteiger partial charge is 0.319 e. The van der Waals surface area contributed by atoms with Crippen LogP contribution in [-0.2, 0) is 0 Å². The number of allylic oxidation sites excluding steroid dienone is 4. The van der Waals surface area contributed by atoms with Crippen molar-refractivity contribution in [1.82, 2.24) is 5.32 Å². The Bertz CT molecular complexity index is 441. The average molecular weight is 448 g/mol. The van der Waals surface area contributed by atoms with Gasteiger partial charge in [0.25, 0.3) is 0 Å². The second-order valence-electron chi connectivity index (χ2n) is 10.1. The van der Waals surface area contributed by atoms with Crippen molar-refractivity contribution in [3.8, 4) is 0 Å². The smallest absolute Gasteiger partial charge is 0.00261 e. The van der Waals surface area contributed by atoms with Gasteiger partial charge in [0.2, 0.25) is 0 Å². The highest BCUT2D eigenvalue weighted by Crippen LogP contribution is 2.37. The standard InChI is InChI=1S/C17H30.C12H27N.C2H4/c1-5-7-11-15(6-2)17(14(3)4)16-12-9-8-10-13-16;1-5-7-12(8-6-2)9-11(3)10-13-4;1-2/h6,9,12,14,16-17H,5,7-8,10-11,13H2,1-4H3;11-13H,5-10H2,1-4H3;1-2H2/b15-6+;;. The molecule has 0 aromatic heterocycles. The molecule has 0 amide bonds. The molecule has 0 aromatic carbocycles. The van der Waals surface area contributed by atoms with Crippen LogP contribution in [0.3, 0.4) is 0 Å². The fourth-order valence-corrected chi connectivity index (χ4v) is 5.42. The monoisotopic (exact) mass is 447 g/mol. The molecule has 0 aromatic rings. The van der Waals surface area contributed by atoms with Crippen molar-refractivity contribution < 1.29 is 0 Å². The van der Waals surface area contributed by atoms with Crippen LogP contribution in [0.4, 0.5) is 0 Å². The highest BCUT2D eigenvalue weighted by molar-refractivity contribution is 5.12. The van der Waals surface area contributed by atoms with Crippen LogP contribution in [0, 0.1) is 29.6 Å². The van der Waals surface area contributed by atoms with Gasteiger partial charge >= 0.3 is 0 Å². The van der Waals surface area contributed by atoms with Crippen molar-refractivity contribution in [1.29, 1.82) is 0 Å². The van der Waals surface area contributed by atoms with Crippen molar-refractivity contribution in [2.75, 3.05) is 13.6 Å². The molecular formula is C31H61N. The summed E-state index contributed by atoms with van der Waals surface area (Å²) in [4.78, 5) is 0. The Hall–Kier alpha value is -0.820. The minimum atomic E-state index is 0.769. The number of hydrogen-bond acceptors (Lipinski definition) is 1. The lowest BCUT2D eigenvalue weighted by molar-refractivity contribution is 0.310. The Labute approximate surface area is 204 Å². The quantitative estimate of drug-likeness (QED) is 0.261. The molecule has 1 N–H and O–H groups in total. The van der Waals surface area contributed by atoms with Crippen molar-refractivity contribution in [3.05, 3.63) is 37.0 Å². The molecule has 32 heavy (non-hydrogen) atoms. The van der Waals surface area contributed by atoms with Crippen molar-refractivity contribution in [3.63, 3.8) is 0 Å². The first kappa shape index (κ1) is 33.4. The van der Waals surface area contributed by atoms with Crippen LogP contribution in [-0.4, -0.2) is 13.6 Å². The van der Waals surface area contributed by atoms with Gasteiger partial charge < -0.3 is 5.32 Å². The van der Waals surface area contributed by atoms with Gasteiger partial charge in [-0.1, -0.05) is 97.4 Å². The summed E-state index contributed by atoms with van der Waals surface area (Å²) in [5.74, 6) is 4.16. The zero-order valence-electron chi connectivity index (χ0n) is 23.5. The first-order valence-electron chi connectivity index (χ1n) is 13.9. The van der Waals surface area contributed by atoms with Gasteiger partial charge in [0.1, 0.15) is 0 Å². The molecule has 1 rings (SSSR count). The Morgan fingerprint density at radius 2 is 1.69 bits per heavy atom. The van der Waals surface area contributed by atoms with E-state index in [0.29, 0.717) is 0 Å². The van der Waals surface area contributed by atoms with Crippen LogP contribution >= 0.6 is 0 Å². The first-order chi connectivity index (χ1) is 15.4. The third kappa shape index (κ3) is 15.9. The molecule has 0 bridgehead atoms. The minimum absolute atomic E-state index is 0.769. The summed E-state index contributed by atoms with van der Waals surface area (Å²) in [5.41, 5.74) is 1.71. The molecular weight excluding hydrogens is 386 g/mol. The molecule has 0 radical (unpaired) electrons. The Balaban J connectivity index is 0. The van der Waals surface area contributed by atoms with E-state index in [1.165, 1.54) is 77.2 Å². The summed E-state index contributed by atoms with van der Waals surface area (Å²) in [5, 5.41) is 3.26. The molecule has 0 fully saturated rings. The molecule has 0 saturated carbocycles. The molecule has 1 nitrogen and oxygen atoms in total. The van der Waals surface area contributed by atoms with E-state index in [-0.39, 0.29) is 0 Å². The van der Waals surface area contributed by atoms with E-state index in [1.807, 2.05) is 7.05 Å². The van der Waals surface area contributed by atoms with Gasteiger partial charge in [-0.2, -0.15) is 0 Å². The van der Waals surface area contributed by atoms with Gasteiger partial charge in [-0.05, 0) is 88.6 Å². The second kappa shape index (κ2) is 23.3. The third-order valence-electron chi connectivity index (χ3n) is 6.77. The van der Waals surface area contributed by atoms with E-state index in [1.54, 1.807) is 5.57 Å². The van der Waals surface area contributed by atoms with Crippen molar-refractivity contribution >= 4 is 0 Å². The lowest BCUT2D eigenvalue weighted by Crippen LogP contribution is -2.22. The van der Waals surface area contributed by atoms with E-state index < -0.39 is 0 Å². The van der Waals surface area contributed by atoms with Crippen LogP contribution < -0.4 is 5.32 Å². The molecule has 3 atom stereocenters. The molecule has 0 heterocycles. The predicted octanol–water partition coefficient (Wildman–Crippen LogP) is 10.0. The summed E-state index contributed by atoms with van der Waals surface area (Å²) in [6.07, 6.45) is 22.2. The van der Waals surface area contributed by atoms with Gasteiger partial charge in [0.05, 0.1) is 0 Å². The Morgan fingerprint density at radius 3 is 2.09 bits per heavy atom. The van der Waals surface area contributed by atoms with Crippen LogP contribution in [0.5, 0.6) is 0 Å². The Kier molecular flexibility index (Phi) is 24.3. The van der Waals surface area contributed by atoms with Crippen LogP contribution in [0.1, 0.15) is 119 Å². The lowest BCUT2D eigenvalue weighted by atomic mass is 9.73. The summed E-state index contributed by atoms with van der Waals surface area (Å²) in [7, 11) is 2.05. The summed E-state index contributed by atoms with van der Waals surface area (Å²) >= 11 is 0. The maximum absolute atomic E-state index is 3.26. The van der Waals surface area contributed by atoms with Gasteiger partial charge in [-0.25, -0.2) is 0 Å². The van der Waals surface area contributed by atoms with Crippen LogP contribution in [0.2, 0.25) is 0 Å². The molecule has 1 aliphatic rings. The third-order valence-corrected chi connectivity index (χ3v) is 6.77. The second-order valence-corrected chi connectivity index (χ2v) is 10.1. The predicted molar refractivity (Wildman–Crippen MR) is 150 cm³/mol. The fraction of sp³-hybridized carbons (Fsp3) is 0.806. The molecule has 3 unspecified atom stereocenters. The van der Waals surface area contributed by atoms with Crippen molar-refractivity contribution in [2.24, 2.45) is 29.6 Å². The molecule has 1 aliphatic carbocycles. The highest BCUT2D eigenvalue weighted by Gasteiger charge is 2.26. The minimum Gasteiger partial charge on any atom is -0.319 e. The lowest BCUT2D eigenvalue weighted by Gasteiger charge is -2.32. The molecule has 190 valence electrons. The first-order valence-corrected chi connectivity index (χ1v) is 13.9. The summed E-state index contributed by atoms with van der Waals surface area (Å²) < 4.78 is 0. The summed E-state index contributed by atoms with van der Waals surface area (Å²) in [6, 6.07) is 0. The van der Waals surface area contributed by atoms with Gasteiger partial charge in [-0.3, -0.25) is 0 Å². The summed E-state index contributed by atoms with van der Waals surface area (Å²) in [6.45, 7) is 23.4. The normalized spacial score (nSPS) is 17.9. The van der Waals surface area contributed by atoms with Crippen molar-refractivity contribution in [2.45, 2.75) is 119 Å². The van der Waals surface area contributed by atoms with E-state index in [4.69, 9.17) is 0 Å². The van der Waals surface area contributed by atoms with E-state index >= 15 is 0 Å². The topological polar surface area (TPSA) is 12.0 Å². The van der Waals surface area contributed by atoms with Gasteiger partial charge in [0, 0.05) is 0 Å². The maximum atomic E-state index is 3.26. The van der Waals surface area contributed by atoms with Crippen LogP contribution in [0.25, 0.3) is 0 Å². The molecule has 0 aliphatic heterocycles. The number of nitrogens with one attached hydrogen (secondary N) is 1. The Morgan fingerprint density at radius 1 is 1.06 bits per heavy atom. The van der Waals surface area contributed by atoms with Gasteiger partial charge in [0.15, 0.2) is 0 Å². The number of unbranched alkanes of at least 4 members (excludes halogenated alkanes) is 1. The van der Waals surface area contributed by atoms with Gasteiger partial charge in [-0.15, -0.1) is 13.2 Å². The fourth-order valence-electron chi connectivity index (χ4n) is 5.42.